The molecule has 0 heterocycles. The highest BCUT2D eigenvalue weighted by Crippen LogP contribution is 2.29. The van der Waals surface area contributed by atoms with Crippen molar-refractivity contribution in [3.8, 4) is 0 Å². The fraction of sp³-hybridized carbons (Fsp3) is 0.515. The summed E-state index contributed by atoms with van der Waals surface area (Å²) in [6.07, 6.45) is 0.499. The number of nitrogens with zero attached hydrogens (tertiary/aromatic N) is 1. The second-order valence-corrected chi connectivity index (χ2v) is 12.3. The summed E-state index contributed by atoms with van der Waals surface area (Å²) in [5.41, 5.74) is 7.14. The van der Waals surface area contributed by atoms with Gasteiger partial charge < -0.3 is 26.0 Å². The molecular formula is C33H48N4O5. The Morgan fingerprint density at radius 2 is 1.60 bits per heavy atom. The molecule has 0 aromatic heterocycles. The molecule has 3 unspecified atom stereocenters. The van der Waals surface area contributed by atoms with Crippen LogP contribution in [0.15, 0.2) is 54.6 Å². The molecule has 0 saturated heterocycles. The van der Waals surface area contributed by atoms with Crippen molar-refractivity contribution in [3.05, 3.63) is 71.3 Å². The maximum atomic E-state index is 14.4. The molecule has 2 aromatic rings. The van der Waals surface area contributed by atoms with Gasteiger partial charge >= 0.3 is 6.09 Å². The molecule has 4 amide bonds. The third-order valence-electron chi connectivity index (χ3n) is 6.75. The first kappa shape index (κ1) is 34.3. The number of nitrogens with two attached hydrogens (primary N) is 1. The van der Waals surface area contributed by atoms with E-state index >= 15 is 0 Å². The number of hydrogen-bond donors (Lipinski definition) is 3. The van der Waals surface area contributed by atoms with E-state index in [0.717, 1.165) is 17.5 Å². The van der Waals surface area contributed by atoms with Crippen molar-refractivity contribution in [2.24, 2.45) is 11.7 Å². The minimum atomic E-state index is -1.14. The van der Waals surface area contributed by atoms with Gasteiger partial charge in [0.2, 0.25) is 17.7 Å². The Labute approximate surface area is 250 Å². The molecule has 2 aromatic carbocycles. The zero-order valence-electron chi connectivity index (χ0n) is 26.1. The predicted octanol–water partition coefficient (Wildman–Crippen LogP) is 5.16. The van der Waals surface area contributed by atoms with Crippen molar-refractivity contribution in [2.75, 3.05) is 0 Å². The van der Waals surface area contributed by atoms with Crippen LogP contribution < -0.4 is 16.4 Å². The standard InChI is InChI=1S/C33H48N4O5/c1-22(2)16-17-24(4)37(31(40)27(18-19-28(34)38)36-32(41)42-33(5,6)7)29(26-15-11-12-23(3)20-26)30(39)35-21-25-13-9-8-10-14-25/h8-15,20,22,24,27,29H,16-19,21H2,1-7H3,(H2,34,38)(H,35,39)(H,36,41). The summed E-state index contributed by atoms with van der Waals surface area (Å²) in [5.74, 6) is -1.06. The first-order chi connectivity index (χ1) is 19.7. The molecule has 9 nitrogen and oxygen atoms in total. The van der Waals surface area contributed by atoms with E-state index in [2.05, 4.69) is 24.5 Å². The third-order valence-corrected chi connectivity index (χ3v) is 6.75. The first-order valence-corrected chi connectivity index (χ1v) is 14.7. The summed E-state index contributed by atoms with van der Waals surface area (Å²) >= 11 is 0. The van der Waals surface area contributed by atoms with Crippen LogP contribution in [0.2, 0.25) is 0 Å². The molecule has 0 bridgehead atoms. The number of rotatable bonds is 14. The Kier molecular flexibility index (Phi) is 13.0. The Morgan fingerprint density at radius 3 is 2.17 bits per heavy atom. The number of ether oxygens (including phenoxy) is 1. The second kappa shape index (κ2) is 15.9. The highest BCUT2D eigenvalue weighted by molar-refractivity contribution is 5.92. The van der Waals surface area contributed by atoms with Gasteiger partial charge in [-0.05, 0) is 70.9 Å². The van der Waals surface area contributed by atoms with E-state index in [1.54, 1.807) is 25.7 Å². The van der Waals surface area contributed by atoms with Crippen molar-refractivity contribution in [1.82, 2.24) is 15.5 Å². The van der Waals surface area contributed by atoms with E-state index in [1.165, 1.54) is 0 Å². The molecule has 0 aliphatic heterocycles. The molecule has 2 rings (SSSR count). The number of nitrogens with one attached hydrogen (secondary N) is 2. The van der Waals surface area contributed by atoms with Gasteiger partial charge in [0.05, 0.1) is 0 Å². The third kappa shape index (κ3) is 11.5. The largest absolute Gasteiger partial charge is 0.444 e. The molecule has 0 aliphatic rings. The average Bonchev–Trinajstić information content (AvgIpc) is 2.90. The van der Waals surface area contributed by atoms with Crippen LogP contribution >= 0.6 is 0 Å². The lowest BCUT2D eigenvalue weighted by Crippen LogP contribution is -2.55. The van der Waals surface area contributed by atoms with E-state index in [-0.39, 0.29) is 31.3 Å². The molecule has 0 radical (unpaired) electrons. The number of primary amides is 1. The average molecular weight is 581 g/mol. The van der Waals surface area contributed by atoms with Crippen molar-refractivity contribution < 1.29 is 23.9 Å². The molecule has 0 fully saturated rings. The normalized spacial score (nSPS) is 13.5. The number of alkyl carbamates (subject to hydrolysis) is 1. The first-order valence-electron chi connectivity index (χ1n) is 14.7. The SMILES string of the molecule is Cc1cccc(C(C(=O)NCc2ccccc2)N(C(=O)C(CCC(N)=O)NC(=O)OC(C)(C)C)C(C)CCC(C)C)c1. The van der Waals surface area contributed by atoms with Crippen LogP contribution in [0.25, 0.3) is 0 Å². The monoisotopic (exact) mass is 580 g/mol. The minimum absolute atomic E-state index is 0.0347. The molecule has 0 saturated carbocycles. The Bertz CT molecular complexity index is 1190. The van der Waals surface area contributed by atoms with E-state index in [1.807, 2.05) is 68.4 Å². The van der Waals surface area contributed by atoms with E-state index in [4.69, 9.17) is 10.5 Å². The summed E-state index contributed by atoms with van der Waals surface area (Å²) in [5, 5.41) is 5.67. The van der Waals surface area contributed by atoms with Crippen molar-refractivity contribution in [1.29, 1.82) is 0 Å². The molecule has 9 heteroatoms. The van der Waals surface area contributed by atoms with Crippen molar-refractivity contribution in [3.63, 3.8) is 0 Å². The molecule has 0 spiro atoms. The van der Waals surface area contributed by atoms with Gasteiger partial charge in [-0.1, -0.05) is 74.0 Å². The number of carbonyl (C=O) groups is 4. The lowest BCUT2D eigenvalue weighted by Gasteiger charge is -2.39. The maximum absolute atomic E-state index is 14.4. The van der Waals surface area contributed by atoms with Crippen LogP contribution in [0.3, 0.4) is 0 Å². The maximum Gasteiger partial charge on any atom is 0.408 e. The molecule has 3 atom stereocenters. The van der Waals surface area contributed by atoms with E-state index in [9.17, 15) is 19.2 Å². The van der Waals surface area contributed by atoms with Gasteiger partial charge in [0.15, 0.2) is 0 Å². The highest BCUT2D eigenvalue weighted by Gasteiger charge is 2.39. The predicted molar refractivity (Wildman–Crippen MR) is 164 cm³/mol. The number of aryl methyl sites for hydroxylation is 1. The summed E-state index contributed by atoms with van der Waals surface area (Å²) in [4.78, 5) is 54.6. The number of carbonyl (C=O) groups excluding carboxylic acids is 4. The van der Waals surface area contributed by atoms with Gasteiger partial charge in [-0.15, -0.1) is 0 Å². The summed E-state index contributed by atoms with van der Waals surface area (Å²) in [7, 11) is 0. The van der Waals surface area contributed by atoms with Crippen LogP contribution in [-0.2, 0) is 25.7 Å². The number of benzene rings is 2. The zero-order chi connectivity index (χ0) is 31.4. The van der Waals surface area contributed by atoms with Crippen LogP contribution in [0.1, 0.15) is 90.0 Å². The van der Waals surface area contributed by atoms with Gasteiger partial charge in [-0.3, -0.25) is 14.4 Å². The second-order valence-electron chi connectivity index (χ2n) is 12.3. The topological polar surface area (TPSA) is 131 Å². The van der Waals surface area contributed by atoms with E-state index < -0.39 is 35.6 Å². The molecule has 0 aliphatic carbocycles. The summed E-state index contributed by atoms with van der Waals surface area (Å²) in [6.45, 7) is 13.5. The Hall–Kier alpha value is -3.88. The van der Waals surface area contributed by atoms with Crippen LogP contribution in [0.5, 0.6) is 0 Å². The molecule has 42 heavy (non-hydrogen) atoms. The van der Waals surface area contributed by atoms with Crippen molar-refractivity contribution >= 4 is 23.8 Å². The fourth-order valence-corrected chi connectivity index (χ4v) is 4.65. The van der Waals surface area contributed by atoms with Gasteiger partial charge in [-0.2, -0.15) is 0 Å². The van der Waals surface area contributed by atoms with Gasteiger partial charge in [0, 0.05) is 19.0 Å². The highest BCUT2D eigenvalue weighted by atomic mass is 16.6. The van der Waals surface area contributed by atoms with Crippen molar-refractivity contribution in [2.45, 2.75) is 104 Å². The smallest absolute Gasteiger partial charge is 0.408 e. The van der Waals surface area contributed by atoms with Crippen LogP contribution in [0, 0.1) is 12.8 Å². The van der Waals surface area contributed by atoms with Gasteiger partial charge in [-0.25, -0.2) is 4.79 Å². The summed E-state index contributed by atoms with van der Waals surface area (Å²) < 4.78 is 5.42. The zero-order valence-corrected chi connectivity index (χ0v) is 26.1. The molecule has 230 valence electrons. The summed E-state index contributed by atoms with van der Waals surface area (Å²) in [6, 6.07) is 14.5. The fourth-order valence-electron chi connectivity index (χ4n) is 4.65. The molecular weight excluding hydrogens is 532 g/mol. The number of hydrogen-bond acceptors (Lipinski definition) is 5. The quantitative estimate of drug-likeness (QED) is 0.284. The Morgan fingerprint density at radius 1 is 0.929 bits per heavy atom. The van der Waals surface area contributed by atoms with Gasteiger partial charge in [0.25, 0.3) is 0 Å². The lowest BCUT2D eigenvalue weighted by atomic mass is 9.95. The van der Waals surface area contributed by atoms with Crippen LogP contribution in [-0.4, -0.2) is 46.4 Å². The number of amides is 4. The lowest BCUT2D eigenvalue weighted by molar-refractivity contribution is -0.145. The molecule has 4 N–H and O–H groups in total. The van der Waals surface area contributed by atoms with Gasteiger partial charge in [0.1, 0.15) is 17.7 Å². The Balaban J connectivity index is 2.57. The minimum Gasteiger partial charge on any atom is -0.444 e. The van der Waals surface area contributed by atoms with Crippen LogP contribution in [0.4, 0.5) is 4.79 Å². The van der Waals surface area contributed by atoms with E-state index in [0.29, 0.717) is 17.9 Å².